The number of aromatic hydroxyl groups is 1. The smallest absolute Gasteiger partial charge is 0.231 e. The molecule has 0 bridgehead atoms. The molecule has 6 heteroatoms. The van der Waals surface area contributed by atoms with E-state index >= 15 is 0 Å². The number of phenols is 1. The maximum Gasteiger partial charge on any atom is 0.231 e. The Bertz CT molecular complexity index is 824. The molecule has 2 aromatic carbocycles. The van der Waals surface area contributed by atoms with Crippen molar-refractivity contribution >= 4 is 11.4 Å². The highest BCUT2D eigenvalue weighted by Crippen LogP contribution is 2.48. The minimum absolute atomic E-state index is 0.0328. The monoisotopic (exact) mass is 328 g/mol. The Morgan fingerprint density at radius 2 is 1.96 bits per heavy atom. The van der Waals surface area contributed by atoms with Crippen LogP contribution in [0.2, 0.25) is 0 Å². The van der Waals surface area contributed by atoms with Crippen molar-refractivity contribution in [2.75, 3.05) is 21.0 Å². The van der Waals surface area contributed by atoms with E-state index in [1.165, 1.54) is 20.3 Å². The quantitative estimate of drug-likeness (QED) is 0.672. The normalized spacial score (nSPS) is 11.9. The van der Waals surface area contributed by atoms with Crippen molar-refractivity contribution in [1.82, 2.24) is 0 Å². The second kappa shape index (κ2) is 6.16. The molecule has 0 aromatic heterocycles. The van der Waals surface area contributed by atoms with E-state index < -0.39 is 5.78 Å². The van der Waals surface area contributed by atoms with Gasteiger partial charge in [-0.2, -0.15) is 0 Å². The highest BCUT2D eigenvalue weighted by atomic mass is 16.7. The number of hydrogen-bond acceptors (Lipinski definition) is 6. The largest absolute Gasteiger partial charge is 0.507 e. The van der Waals surface area contributed by atoms with Crippen LogP contribution in [0.4, 0.5) is 0 Å². The van der Waals surface area contributed by atoms with Crippen LogP contribution in [0.15, 0.2) is 36.9 Å². The highest BCUT2D eigenvalue weighted by molar-refractivity contribution is 6.31. The van der Waals surface area contributed by atoms with E-state index in [9.17, 15) is 9.90 Å². The van der Waals surface area contributed by atoms with Gasteiger partial charge in [0, 0.05) is 17.2 Å². The lowest BCUT2D eigenvalue weighted by Crippen LogP contribution is -2.07. The Morgan fingerprint density at radius 3 is 2.62 bits per heavy atom. The molecule has 1 N–H and O–H groups in total. The number of hydrogen-bond donors (Lipinski definition) is 1. The topological polar surface area (TPSA) is 74.2 Å². The van der Waals surface area contributed by atoms with Crippen LogP contribution < -0.4 is 18.9 Å². The molecule has 0 saturated heterocycles. The Hall–Kier alpha value is -3.15. The van der Waals surface area contributed by atoms with Crippen LogP contribution >= 0.6 is 0 Å². The third-order valence-electron chi connectivity index (χ3n) is 3.74. The van der Waals surface area contributed by atoms with Crippen LogP contribution in [0, 0.1) is 0 Å². The van der Waals surface area contributed by atoms with E-state index in [0.717, 1.165) is 0 Å². The number of carbonyl (C=O) groups excluding carboxylic acids is 1. The Kier molecular flexibility index (Phi) is 4.04. The van der Waals surface area contributed by atoms with Crippen molar-refractivity contribution < 1.29 is 28.8 Å². The van der Waals surface area contributed by atoms with E-state index in [4.69, 9.17) is 18.9 Å². The number of carbonyl (C=O) groups is 1. The molecule has 1 aliphatic heterocycles. The van der Waals surface area contributed by atoms with Gasteiger partial charge in [-0.3, -0.25) is 4.79 Å². The van der Waals surface area contributed by atoms with E-state index in [1.807, 2.05) is 0 Å². The van der Waals surface area contributed by atoms with Crippen LogP contribution in [0.3, 0.4) is 0 Å². The van der Waals surface area contributed by atoms with Crippen LogP contribution in [0.25, 0.3) is 5.57 Å². The predicted octanol–water partition coefficient (Wildman–Crippen LogP) is 3.03. The van der Waals surface area contributed by atoms with E-state index in [-0.39, 0.29) is 35.2 Å². The average molecular weight is 328 g/mol. The predicted molar refractivity (Wildman–Crippen MR) is 87.1 cm³/mol. The van der Waals surface area contributed by atoms with Gasteiger partial charge in [-0.25, -0.2) is 0 Å². The molecule has 2 aromatic rings. The molecule has 3 rings (SSSR count). The molecule has 124 valence electrons. The molecule has 1 aliphatic rings. The second-order valence-corrected chi connectivity index (χ2v) is 5.05. The van der Waals surface area contributed by atoms with Gasteiger partial charge in [-0.1, -0.05) is 24.8 Å². The van der Waals surface area contributed by atoms with E-state index in [0.29, 0.717) is 17.1 Å². The molecule has 0 atom stereocenters. The minimum Gasteiger partial charge on any atom is -0.507 e. The van der Waals surface area contributed by atoms with Crippen molar-refractivity contribution in [1.29, 1.82) is 0 Å². The van der Waals surface area contributed by atoms with Crippen LogP contribution in [0.5, 0.6) is 28.7 Å². The summed E-state index contributed by atoms with van der Waals surface area (Å²) in [7, 11) is 2.87. The summed E-state index contributed by atoms with van der Waals surface area (Å²) >= 11 is 0. The lowest BCUT2D eigenvalue weighted by molar-refractivity contribution is 0.105. The molecular weight excluding hydrogens is 312 g/mol. The van der Waals surface area contributed by atoms with Crippen molar-refractivity contribution in [2.24, 2.45) is 0 Å². The zero-order chi connectivity index (χ0) is 17.3. The first kappa shape index (κ1) is 15.7. The zero-order valence-corrected chi connectivity index (χ0v) is 13.3. The number of ketones is 1. The molecule has 0 spiro atoms. The number of Topliss-reactive ketones (excluding diaryl/α,β-unsaturated/α-hetero) is 1. The molecule has 24 heavy (non-hydrogen) atoms. The summed E-state index contributed by atoms with van der Waals surface area (Å²) in [4.78, 5) is 13.0. The second-order valence-electron chi connectivity index (χ2n) is 5.05. The third kappa shape index (κ3) is 2.42. The third-order valence-corrected chi connectivity index (χ3v) is 3.74. The van der Waals surface area contributed by atoms with Gasteiger partial charge in [-0.15, -0.1) is 0 Å². The first-order chi connectivity index (χ1) is 11.6. The maximum absolute atomic E-state index is 13.0. The van der Waals surface area contributed by atoms with E-state index in [1.54, 1.807) is 24.3 Å². The number of ether oxygens (including phenoxy) is 4. The van der Waals surface area contributed by atoms with Crippen molar-refractivity contribution in [3.05, 3.63) is 48.0 Å². The van der Waals surface area contributed by atoms with Crippen molar-refractivity contribution in [2.45, 2.75) is 0 Å². The first-order valence-corrected chi connectivity index (χ1v) is 7.15. The fourth-order valence-electron chi connectivity index (χ4n) is 2.56. The van der Waals surface area contributed by atoms with Gasteiger partial charge < -0.3 is 24.1 Å². The van der Waals surface area contributed by atoms with Crippen LogP contribution in [0.1, 0.15) is 15.9 Å². The van der Waals surface area contributed by atoms with Gasteiger partial charge in [-0.05, 0) is 6.07 Å². The van der Waals surface area contributed by atoms with Gasteiger partial charge in [0.25, 0.3) is 0 Å². The fourth-order valence-corrected chi connectivity index (χ4v) is 2.56. The molecule has 0 aliphatic carbocycles. The standard InChI is InChI=1S/C18H16O6/c1-10(11-6-4-5-7-12(11)19)16(20)15-13(21-2)8-14-17(18(15)22-3)24-9-23-14/h4-8,19H,1,9H2,2-3H3. The number of para-hydroxylation sites is 1. The summed E-state index contributed by atoms with van der Waals surface area (Å²) in [6.45, 7) is 3.85. The molecule has 0 fully saturated rings. The first-order valence-electron chi connectivity index (χ1n) is 7.15. The summed E-state index contributed by atoms with van der Waals surface area (Å²) in [6, 6.07) is 8.04. The number of phenolic OH excluding ortho intramolecular Hbond substituents is 1. The lowest BCUT2D eigenvalue weighted by Gasteiger charge is -2.15. The van der Waals surface area contributed by atoms with Crippen LogP contribution in [-0.4, -0.2) is 31.9 Å². The molecule has 0 saturated carbocycles. The summed E-state index contributed by atoms with van der Waals surface area (Å²) in [5.74, 6) is 0.791. The number of benzene rings is 2. The summed E-state index contributed by atoms with van der Waals surface area (Å²) < 4.78 is 21.4. The molecule has 0 radical (unpaired) electrons. The number of fused-ring (bicyclic) bond motifs is 1. The minimum atomic E-state index is -0.441. The van der Waals surface area contributed by atoms with Gasteiger partial charge in [0.1, 0.15) is 17.1 Å². The van der Waals surface area contributed by atoms with Gasteiger partial charge in [0.15, 0.2) is 11.5 Å². The van der Waals surface area contributed by atoms with Crippen molar-refractivity contribution in [3.8, 4) is 28.7 Å². The lowest BCUT2D eigenvalue weighted by atomic mass is 9.95. The van der Waals surface area contributed by atoms with Gasteiger partial charge in [0.05, 0.1) is 14.2 Å². The Labute approximate surface area is 138 Å². The van der Waals surface area contributed by atoms with Gasteiger partial charge in [0.2, 0.25) is 18.3 Å². The molecule has 0 amide bonds. The van der Waals surface area contributed by atoms with E-state index in [2.05, 4.69) is 6.58 Å². The summed E-state index contributed by atoms with van der Waals surface area (Å²) in [5, 5.41) is 9.96. The Morgan fingerprint density at radius 1 is 1.21 bits per heavy atom. The number of rotatable bonds is 5. The molecular formula is C18H16O6. The number of allylic oxidation sites excluding steroid dienone is 1. The average Bonchev–Trinajstić information content (AvgIpc) is 3.07. The molecule has 6 nitrogen and oxygen atoms in total. The highest BCUT2D eigenvalue weighted by Gasteiger charge is 2.31. The van der Waals surface area contributed by atoms with Gasteiger partial charge >= 0.3 is 0 Å². The zero-order valence-electron chi connectivity index (χ0n) is 13.3. The van der Waals surface area contributed by atoms with Crippen LogP contribution in [-0.2, 0) is 0 Å². The van der Waals surface area contributed by atoms with Crippen molar-refractivity contribution in [3.63, 3.8) is 0 Å². The number of methoxy groups -OCH3 is 2. The SMILES string of the molecule is C=C(C(=O)c1c(OC)cc2c(c1OC)OCO2)c1ccccc1O. The Balaban J connectivity index is 2.13. The maximum atomic E-state index is 13.0. The summed E-state index contributed by atoms with van der Waals surface area (Å²) in [5.41, 5.74) is 0.616. The fraction of sp³-hybridized carbons (Fsp3) is 0.167. The summed E-state index contributed by atoms with van der Waals surface area (Å²) in [6.07, 6.45) is 0. The molecule has 0 unspecified atom stereocenters. The molecule has 1 heterocycles.